The molecule has 1 fully saturated rings. The molecule has 4 heteroatoms. The molecule has 1 aliphatic heterocycles. The molecule has 27 heavy (non-hydrogen) atoms. The van der Waals surface area contributed by atoms with Crippen molar-refractivity contribution in [3.8, 4) is 0 Å². The molecule has 0 unspecified atom stereocenters. The van der Waals surface area contributed by atoms with Gasteiger partial charge in [-0.15, -0.1) is 0 Å². The highest BCUT2D eigenvalue weighted by molar-refractivity contribution is 6.10. The van der Waals surface area contributed by atoms with Gasteiger partial charge in [-0.2, -0.15) is 0 Å². The molecule has 4 nitrogen and oxygen atoms in total. The van der Waals surface area contributed by atoms with Gasteiger partial charge in [0.05, 0.1) is 0 Å². The summed E-state index contributed by atoms with van der Waals surface area (Å²) in [5.74, 6) is 0.0319. The number of benzene rings is 3. The van der Waals surface area contributed by atoms with Crippen molar-refractivity contribution in [2.24, 2.45) is 0 Å². The van der Waals surface area contributed by atoms with Gasteiger partial charge in [-0.05, 0) is 23.1 Å². The number of guanidine groups is 1. The lowest BCUT2D eigenvalue weighted by molar-refractivity contribution is -0.130. The molecule has 3 aromatic carbocycles. The zero-order chi connectivity index (χ0) is 18.7. The molecule has 4 rings (SSSR count). The molecule has 1 amide bonds. The highest BCUT2D eigenvalue weighted by atomic mass is 16.2. The van der Waals surface area contributed by atoms with Crippen molar-refractivity contribution in [2.75, 3.05) is 6.54 Å². The van der Waals surface area contributed by atoms with Crippen molar-refractivity contribution in [1.29, 1.82) is 5.41 Å². The minimum atomic E-state index is -1.06. The molecule has 0 radical (unpaired) electrons. The summed E-state index contributed by atoms with van der Waals surface area (Å²) in [4.78, 5) is 15.1. The third-order valence-corrected chi connectivity index (χ3v) is 5.02. The van der Waals surface area contributed by atoms with E-state index in [-0.39, 0.29) is 11.9 Å². The quantitative estimate of drug-likeness (QED) is 0.735. The van der Waals surface area contributed by atoms with Crippen LogP contribution in [-0.4, -0.2) is 23.3 Å². The van der Waals surface area contributed by atoms with Crippen molar-refractivity contribution in [3.63, 3.8) is 0 Å². The summed E-state index contributed by atoms with van der Waals surface area (Å²) in [5, 5.41) is 11.6. The monoisotopic (exact) mass is 355 g/mol. The predicted octanol–water partition coefficient (Wildman–Crippen LogP) is 3.54. The van der Waals surface area contributed by atoms with E-state index in [1.54, 1.807) is 4.90 Å². The van der Waals surface area contributed by atoms with Crippen LogP contribution in [0.4, 0.5) is 0 Å². The highest BCUT2D eigenvalue weighted by Gasteiger charge is 2.51. The van der Waals surface area contributed by atoms with E-state index in [0.717, 1.165) is 16.7 Å². The van der Waals surface area contributed by atoms with E-state index >= 15 is 0 Å². The Labute approximate surface area is 159 Å². The average molecular weight is 355 g/mol. The van der Waals surface area contributed by atoms with Gasteiger partial charge in [-0.1, -0.05) is 91.0 Å². The summed E-state index contributed by atoms with van der Waals surface area (Å²) in [6.45, 7) is 0.468. The van der Waals surface area contributed by atoms with Gasteiger partial charge >= 0.3 is 0 Å². The summed E-state index contributed by atoms with van der Waals surface area (Å²) < 4.78 is 0. The van der Waals surface area contributed by atoms with Gasteiger partial charge in [0, 0.05) is 6.54 Å². The number of hydrogen-bond donors (Lipinski definition) is 2. The predicted molar refractivity (Wildman–Crippen MR) is 106 cm³/mol. The Hall–Kier alpha value is -3.40. The zero-order valence-corrected chi connectivity index (χ0v) is 14.9. The van der Waals surface area contributed by atoms with Crippen molar-refractivity contribution < 1.29 is 4.79 Å². The van der Waals surface area contributed by atoms with Crippen LogP contribution in [0.2, 0.25) is 0 Å². The smallest absolute Gasteiger partial charge is 0.264 e. The van der Waals surface area contributed by atoms with E-state index in [1.165, 1.54) is 0 Å². The molecule has 0 aromatic heterocycles. The minimum Gasteiger partial charge on any atom is -0.334 e. The normalized spacial score (nSPS) is 15.6. The Balaban J connectivity index is 1.71. The number of carbonyl (C=O) groups is 1. The molecule has 0 saturated carbocycles. The third kappa shape index (κ3) is 2.99. The lowest BCUT2D eigenvalue weighted by Gasteiger charge is -2.28. The van der Waals surface area contributed by atoms with Gasteiger partial charge in [-0.3, -0.25) is 15.1 Å². The molecule has 0 atom stereocenters. The summed E-state index contributed by atoms with van der Waals surface area (Å²) >= 11 is 0. The Bertz CT molecular complexity index is 900. The van der Waals surface area contributed by atoms with E-state index in [0.29, 0.717) is 13.0 Å². The molecule has 1 heterocycles. The third-order valence-electron chi connectivity index (χ3n) is 5.02. The maximum Gasteiger partial charge on any atom is 0.264 e. The van der Waals surface area contributed by atoms with Crippen LogP contribution in [0.15, 0.2) is 91.0 Å². The first-order valence-electron chi connectivity index (χ1n) is 9.05. The number of nitrogens with one attached hydrogen (secondary N) is 2. The van der Waals surface area contributed by atoms with Crippen LogP contribution < -0.4 is 5.32 Å². The van der Waals surface area contributed by atoms with E-state index in [1.807, 2.05) is 91.0 Å². The number of carbonyl (C=O) groups excluding carboxylic acids is 1. The number of nitrogens with zero attached hydrogens (tertiary/aromatic N) is 1. The topological polar surface area (TPSA) is 56.2 Å². The van der Waals surface area contributed by atoms with Crippen molar-refractivity contribution >= 4 is 11.9 Å². The molecule has 134 valence electrons. The molecule has 0 bridgehead atoms. The Morgan fingerprint density at radius 1 is 0.778 bits per heavy atom. The van der Waals surface area contributed by atoms with Gasteiger partial charge in [0.1, 0.15) is 0 Å². The lowest BCUT2D eigenvalue weighted by atomic mass is 9.82. The fourth-order valence-corrected chi connectivity index (χ4v) is 3.64. The van der Waals surface area contributed by atoms with Gasteiger partial charge in [-0.25, -0.2) is 0 Å². The number of rotatable bonds is 5. The van der Waals surface area contributed by atoms with Crippen LogP contribution in [0.5, 0.6) is 0 Å². The lowest BCUT2D eigenvalue weighted by Crippen LogP contribution is -2.45. The van der Waals surface area contributed by atoms with Crippen LogP contribution in [-0.2, 0) is 16.8 Å². The summed E-state index contributed by atoms with van der Waals surface area (Å²) in [7, 11) is 0. The van der Waals surface area contributed by atoms with Gasteiger partial charge < -0.3 is 5.32 Å². The van der Waals surface area contributed by atoms with Crippen molar-refractivity contribution in [2.45, 2.75) is 12.0 Å². The summed E-state index contributed by atoms with van der Waals surface area (Å²) in [6, 6.07) is 29.3. The van der Waals surface area contributed by atoms with Crippen molar-refractivity contribution in [3.05, 3.63) is 108 Å². The molecule has 0 aliphatic carbocycles. The second-order valence-electron chi connectivity index (χ2n) is 6.65. The zero-order valence-electron chi connectivity index (χ0n) is 14.9. The van der Waals surface area contributed by atoms with E-state index in [4.69, 9.17) is 5.41 Å². The minimum absolute atomic E-state index is 0.110. The maximum absolute atomic E-state index is 13.6. The highest BCUT2D eigenvalue weighted by Crippen LogP contribution is 2.35. The molecule has 1 aliphatic rings. The SMILES string of the molecule is N=C1NC(c2ccccc2)(c2ccccc2)C(=O)N1CCc1ccccc1. The molecular formula is C23H21N3O. The summed E-state index contributed by atoms with van der Waals surface area (Å²) in [5.41, 5.74) is 1.77. The second kappa shape index (κ2) is 7.08. The number of amides is 1. The fourth-order valence-electron chi connectivity index (χ4n) is 3.64. The molecule has 2 N–H and O–H groups in total. The Kier molecular flexibility index (Phi) is 4.47. The fraction of sp³-hybridized carbons (Fsp3) is 0.130. The number of hydrogen-bond acceptors (Lipinski definition) is 2. The van der Waals surface area contributed by atoms with Crippen LogP contribution in [0, 0.1) is 5.41 Å². The van der Waals surface area contributed by atoms with Gasteiger partial charge in [0.25, 0.3) is 5.91 Å². The largest absolute Gasteiger partial charge is 0.334 e. The van der Waals surface area contributed by atoms with Crippen LogP contribution in [0.25, 0.3) is 0 Å². The second-order valence-corrected chi connectivity index (χ2v) is 6.65. The van der Waals surface area contributed by atoms with Crippen LogP contribution >= 0.6 is 0 Å². The van der Waals surface area contributed by atoms with E-state index < -0.39 is 5.54 Å². The van der Waals surface area contributed by atoms with Crippen molar-refractivity contribution in [1.82, 2.24) is 10.2 Å². The standard InChI is InChI=1S/C23H21N3O/c24-22-25-23(19-12-6-2-7-13-19,20-14-8-3-9-15-20)21(27)26(22)17-16-18-10-4-1-5-11-18/h1-15H,16-17H2,(H2,24,25). The van der Waals surface area contributed by atoms with Crippen LogP contribution in [0.3, 0.4) is 0 Å². The summed E-state index contributed by atoms with van der Waals surface area (Å²) in [6.07, 6.45) is 0.705. The van der Waals surface area contributed by atoms with Gasteiger partial charge in [0.15, 0.2) is 11.5 Å². The molecule has 3 aromatic rings. The maximum atomic E-state index is 13.6. The van der Waals surface area contributed by atoms with Crippen LogP contribution in [0.1, 0.15) is 16.7 Å². The van der Waals surface area contributed by atoms with Gasteiger partial charge in [0.2, 0.25) is 0 Å². The molecular weight excluding hydrogens is 334 g/mol. The first-order valence-corrected chi connectivity index (χ1v) is 9.05. The Morgan fingerprint density at radius 3 is 1.78 bits per heavy atom. The van der Waals surface area contributed by atoms with E-state index in [9.17, 15) is 4.79 Å². The van der Waals surface area contributed by atoms with E-state index in [2.05, 4.69) is 5.32 Å². The molecule has 1 saturated heterocycles. The average Bonchev–Trinajstić information content (AvgIpc) is 2.99. The molecule has 0 spiro atoms. The first kappa shape index (κ1) is 17.0. The first-order chi connectivity index (χ1) is 13.2. The Morgan fingerprint density at radius 2 is 1.26 bits per heavy atom.